The fourth-order valence-electron chi connectivity index (χ4n) is 3.36. The van der Waals surface area contributed by atoms with E-state index in [2.05, 4.69) is 5.32 Å². The Kier molecular flexibility index (Phi) is 7.45. The van der Waals surface area contributed by atoms with Crippen LogP contribution in [0.4, 0.5) is 0 Å². The lowest BCUT2D eigenvalue weighted by Crippen LogP contribution is -2.45. The number of thiophene rings is 1. The molecule has 0 aliphatic carbocycles. The van der Waals surface area contributed by atoms with Gasteiger partial charge >= 0.3 is 0 Å². The van der Waals surface area contributed by atoms with Gasteiger partial charge in [0.25, 0.3) is 10.0 Å². The molecule has 0 saturated carbocycles. The molecule has 158 valence electrons. The molecule has 3 rings (SSSR count). The van der Waals surface area contributed by atoms with E-state index in [1.54, 1.807) is 6.07 Å². The Labute approximate surface area is 176 Å². The van der Waals surface area contributed by atoms with Gasteiger partial charge in [-0.05, 0) is 49.9 Å². The van der Waals surface area contributed by atoms with Gasteiger partial charge in [-0.3, -0.25) is 4.79 Å². The van der Waals surface area contributed by atoms with E-state index in [0.29, 0.717) is 43.4 Å². The van der Waals surface area contributed by atoms with Crippen molar-refractivity contribution in [3.8, 4) is 0 Å². The summed E-state index contributed by atoms with van der Waals surface area (Å²) >= 11 is 1.27. The lowest BCUT2D eigenvalue weighted by molar-refractivity contribution is -0.126. The maximum Gasteiger partial charge on any atom is 0.252 e. The highest BCUT2D eigenvalue weighted by molar-refractivity contribution is 7.91. The number of rotatable bonds is 8. The van der Waals surface area contributed by atoms with Crippen molar-refractivity contribution in [2.24, 2.45) is 5.92 Å². The molecular formula is C21H28N2O4S2. The van der Waals surface area contributed by atoms with Gasteiger partial charge in [-0.1, -0.05) is 24.3 Å². The number of aryl methyl sites for hydroxylation is 1. The second-order valence-corrected chi connectivity index (χ2v) is 10.7. The smallest absolute Gasteiger partial charge is 0.252 e. The van der Waals surface area contributed by atoms with Gasteiger partial charge in [0, 0.05) is 31.1 Å². The van der Waals surface area contributed by atoms with Crippen LogP contribution in [-0.2, 0) is 32.7 Å². The number of benzene rings is 1. The van der Waals surface area contributed by atoms with Crippen molar-refractivity contribution < 1.29 is 17.9 Å². The summed E-state index contributed by atoms with van der Waals surface area (Å²) in [7, 11) is -3.53. The highest BCUT2D eigenvalue weighted by atomic mass is 32.2. The van der Waals surface area contributed by atoms with E-state index in [1.807, 2.05) is 44.2 Å². The van der Waals surface area contributed by atoms with Crippen molar-refractivity contribution in [1.82, 2.24) is 9.62 Å². The van der Waals surface area contributed by atoms with Crippen molar-refractivity contribution in [3.63, 3.8) is 0 Å². The zero-order chi connectivity index (χ0) is 20.9. The topological polar surface area (TPSA) is 75.7 Å². The summed E-state index contributed by atoms with van der Waals surface area (Å²) in [6, 6.07) is 11.4. The molecule has 29 heavy (non-hydrogen) atoms. The molecule has 8 heteroatoms. The SMILES string of the molecule is CCOCc1ccc(CNC(=O)C2CCCN(S(=O)(=O)c3ccc(C)s3)C2)cc1. The second kappa shape index (κ2) is 9.84. The number of carbonyl (C=O) groups is 1. The van der Waals surface area contributed by atoms with Gasteiger partial charge in [-0.25, -0.2) is 8.42 Å². The molecule has 1 N–H and O–H groups in total. The number of ether oxygens (including phenoxy) is 1. The van der Waals surface area contributed by atoms with Gasteiger partial charge < -0.3 is 10.1 Å². The van der Waals surface area contributed by atoms with Crippen LogP contribution < -0.4 is 5.32 Å². The minimum absolute atomic E-state index is 0.0920. The number of nitrogens with zero attached hydrogens (tertiary/aromatic N) is 1. The third-order valence-electron chi connectivity index (χ3n) is 5.03. The van der Waals surface area contributed by atoms with Gasteiger partial charge in [-0.15, -0.1) is 11.3 Å². The number of amides is 1. The predicted molar refractivity (Wildman–Crippen MR) is 114 cm³/mol. The Hall–Kier alpha value is -1.74. The Morgan fingerprint density at radius 2 is 1.93 bits per heavy atom. The zero-order valence-corrected chi connectivity index (χ0v) is 18.5. The van der Waals surface area contributed by atoms with Crippen LogP contribution in [0.25, 0.3) is 0 Å². The van der Waals surface area contributed by atoms with E-state index in [4.69, 9.17) is 4.74 Å². The van der Waals surface area contributed by atoms with Crippen LogP contribution in [0.3, 0.4) is 0 Å². The molecule has 1 fully saturated rings. The first kappa shape index (κ1) is 22.0. The first-order valence-corrected chi connectivity index (χ1v) is 12.2. The molecule has 1 aliphatic heterocycles. The summed E-state index contributed by atoms with van der Waals surface area (Å²) in [6.45, 7) is 6.24. The molecule has 1 saturated heterocycles. The van der Waals surface area contributed by atoms with Crippen LogP contribution in [0.1, 0.15) is 35.8 Å². The van der Waals surface area contributed by atoms with E-state index < -0.39 is 10.0 Å². The minimum atomic E-state index is -3.53. The number of hydrogen-bond donors (Lipinski definition) is 1. The van der Waals surface area contributed by atoms with Crippen LogP contribution in [0.5, 0.6) is 0 Å². The van der Waals surface area contributed by atoms with Gasteiger partial charge in [0.1, 0.15) is 4.21 Å². The number of sulfonamides is 1. The minimum Gasteiger partial charge on any atom is -0.377 e. The summed E-state index contributed by atoms with van der Waals surface area (Å²) in [4.78, 5) is 13.6. The highest BCUT2D eigenvalue weighted by Gasteiger charge is 2.33. The molecule has 0 bridgehead atoms. The fraction of sp³-hybridized carbons (Fsp3) is 0.476. The van der Waals surface area contributed by atoms with Gasteiger partial charge in [0.05, 0.1) is 12.5 Å². The molecule has 1 aromatic carbocycles. The molecule has 0 radical (unpaired) electrons. The molecule has 2 heterocycles. The van der Waals surface area contributed by atoms with Crippen molar-refractivity contribution in [3.05, 3.63) is 52.4 Å². The van der Waals surface area contributed by atoms with Crippen LogP contribution >= 0.6 is 11.3 Å². The molecule has 1 aromatic heterocycles. The van der Waals surface area contributed by atoms with Crippen molar-refractivity contribution in [1.29, 1.82) is 0 Å². The average Bonchev–Trinajstić information content (AvgIpc) is 3.18. The van der Waals surface area contributed by atoms with Gasteiger partial charge in [0.15, 0.2) is 0 Å². The lowest BCUT2D eigenvalue weighted by atomic mass is 9.98. The van der Waals surface area contributed by atoms with Crippen LogP contribution in [0.15, 0.2) is 40.6 Å². The molecule has 1 aliphatic rings. The Bertz CT molecular complexity index is 922. The molecule has 1 unspecified atom stereocenters. The van der Waals surface area contributed by atoms with E-state index in [0.717, 1.165) is 16.0 Å². The monoisotopic (exact) mass is 436 g/mol. The van der Waals surface area contributed by atoms with Crippen molar-refractivity contribution in [2.75, 3.05) is 19.7 Å². The molecule has 6 nitrogen and oxygen atoms in total. The van der Waals surface area contributed by atoms with E-state index in [-0.39, 0.29) is 18.4 Å². The third-order valence-corrected chi connectivity index (χ3v) is 8.36. The van der Waals surface area contributed by atoms with Crippen LogP contribution in [0, 0.1) is 12.8 Å². The predicted octanol–water partition coefficient (Wildman–Crippen LogP) is 3.31. The molecule has 1 amide bonds. The van der Waals surface area contributed by atoms with E-state index in [1.165, 1.54) is 15.6 Å². The maximum absolute atomic E-state index is 12.8. The Balaban J connectivity index is 1.55. The standard InChI is InChI=1S/C21H28N2O4S2/c1-3-27-15-18-9-7-17(8-10-18)13-22-21(24)19-5-4-12-23(14-19)29(25,26)20-11-6-16(2)28-20/h6-11,19H,3-5,12-15H2,1-2H3,(H,22,24). The first-order valence-electron chi connectivity index (χ1n) is 9.90. The summed E-state index contributed by atoms with van der Waals surface area (Å²) in [5, 5.41) is 2.96. The number of piperidine rings is 1. The average molecular weight is 437 g/mol. The van der Waals surface area contributed by atoms with E-state index in [9.17, 15) is 13.2 Å². The highest BCUT2D eigenvalue weighted by Crippen LogP contribution is 2.28. The van der Waals surface area contributed by atoms with Gasteiger partial charge in [0.2, 0.25) is 5.91 Å². The van der Waals surface area contributed by atoms with Gasteiger partial charge in [-0.2, -0.15) is 4.31 Å². The largest absolute Gasteiger partial charge is 0.377 e. The van der Waals surface area contributed by atoms with Crippen molar-refractivity contribution >= 4 is 27.3 Å². The first-order chi connectivity index (χ1) is 13.9. The number of hydrogen-bond acceptors (Lipinski definition) is 5. The second-order valence-electron chi connectivity index (χ2n) is 7.24. The molecule has 2 aromatic rings. The maximum atomic E-state index is 12.8. The quantitative estimate of drug-likeness (QED) is 0.689. The van der Waals surface area contributed by atoms with E-state index >= 15 is 0 Å². The Morgan fingerprint density at radius 3 is 2.59 bits per heavy atom. The molecular weight excluding hydrogens is 408 g/mol. The number of carbonyl (C=O) groups excluding carboxylic acids is 1. The summed E-state index contributed by atoms with van der Waals surface area (Å²) in [5.74, 6) is -0.414. The molecule has 1 atom stereocenters. The Morgan fingerprint density at radius 1 is 1.21 bits per heavy atom. The van der Waals surface area contributed by atoms with Crippen molar-refractivity contribution in [2.45, 2.75) is 44.0 Å². The fourth-order valence-corrected chi connectivity index (χ4v) is 6.32. The summed E-state index contributed by atoms with van der Waals surface area (Å²) in [5.41, 5.74) is 2.10. The summed E-state index contributed by atoms with van der Waals surface area (Å²) in [6.07, 6.45) is 1.39. The lowest BCUT2D eigenvalue weighted by Gasteiger charge is -2.30. The van der Waals surface area contributed by atoms with Crippen LogP contribution in [-0.4, -0.2) is 38.3 Å². The summed E-state index contributed by atoms with van der Waals surface area (Å²) < 4.78 is 32.9. The zero-order valence-electron chi connectivity index (χ0n) is 16.9. The third kappa shape index (κ3) is 5.66. The van der Waals surface area contributed by atoms with Crippen LogP contribution in [0.2, 0.25) is 0 Å². The molecule has 0 spiro atoms. The number of nitrogens with one attached hydrogen (secondary N) is 1. The normalized spacial score (nSPS) is 17.9.